The normalized spacial score (nSPS) is 11.5. The van der Waals surface area contributed by atoms with Gasteiger partial charge in [0.05, 0.1) is 0 Å². The van der Waals surface area contributed by atoms with Crippen LogP contribution in [0, 0.1) is 0 Å². The van der Waals surface area contributed by atoms with E-state index in [0.29, 0.717) is 5.56 Å². The molecule has 1 rings (SSSR count). The van der Waals surface area contributed by atoms with Crippen LogP contribution in [0.15, 0.2) is 28.7 Å². The zero-order chi connectivity index (χ0) is 14.4. The summed E-state index contributed by atoms with van der Waals surface area (Å²) in [4.78, 5) is 33.6. The second kappa shape index (κ2) is 6.89. The zero-order valence-electron chi connectivity index (χ0n) is 10.2. The van der Waals surface area contributed by atoms with E-state index in [0.717, 1.165) is 4.47 Å². The molecule has 7 heteroatoms. The van der Waals surface area contributed by atoms with Crippen LogP contribution in [0.1, 0.15) is 17.3 Å². The molecule has 0 saturated carbocycles. The molecule has 0 heterocycles. The Bertz CT molecular complexity index is 487. The standard InChI is InChI=1S/C12H13BrN2O4/c1-7(11(14)17)19-10(16)6-15-12(18)8-2-4-9(13)5-3-8/h2-5,7H,6H2,1H3,(H2,14,17)(H,15,18)/t7-/m0/s1. The van der Waals surface area contributed by atoms with Crippen molar-refractivity contribution >= 4 is 33.7 Å². The number of esters is 1. The van der Waals surface area contributed by atoms with Gasteiger partial charge < -0.3 is 15.8 Å². The highest BCUT2D eigenvalue weighted by Gasteiger charge is 2.15. The van der Waals surface area contributed by atoms with E-state index in [1.807, 2.05) is 0 Å². The molecule has 0 bridgehead atoms. The number of halogens is 1. The average molecular weight is 329 g/mol. The molecule has 1 aromatic rings. The van der Waals surface area contributed by atoms with Gasteiger partial charge in [-0.25, -0.2) is 0 Å². The van der Waals surface area contributed by atoms with Gasteiger partial charge in [-0.3, -0.25) is 14.4 Å². The molecule has 1 atom stereocenters. The molecule has 6 nitrogen and oxygen atoms in total. The van der Waals surface area contributed by atoms with Gasteiger partial charge in [0, 0.05) is 10.0 Å². The third-order valence-corrected chi connectivity index (χ3v) is 2.74. The molecular weight excluding hydrogens is 316 g/mol. The predicted octanol–water partition coefficient (Wildman–Crippen LogP) is 0.596. The first-order valence-corrected chi connectivity index (χ1v) is 6.22. The summed E-state index contributed by atoms with van der Waals surface area (Å²) in [5.41, 5.74) is 5.35. The summed E-state index contributed by atoms with van der Waals surface area (Å²) in [6.45, 7) is 1.03. The Morgan fingerprint density at radius 2 is 1.89 bits per heavy atom. The molecule has 0 fully saturated rings. The molecule has 0 aliphatic carbocycles. The van der Waals surface area contributed by atoms with Crippen LogP contribution < -0.4 is 11.1 Å². The van der Waals surface area contributed by atoms with Crippen LogP contribution >= 0.6 is 15.9 Å². The van der Waals surface area contributed by atoms with Gasteiger partial charge in [-0.2, -0.15) is 0 Å². The lowest BCUT2D eigenvalue weighted by molar-refractivity contribution is -0.152. The monoisotopic (exact) mass is 328 g/mol. The van der Waals surface area contributed by atoms with Gasteiger partial charge in [0.25, 0.3) is 11.8 Å². The first kappa shape index (κ1) is 15.2. The average Bonchev–Trinajstić information content (AvgIpc) is 2.36. The lowest BCUT2D eigenvalue weighted by atomic mass is 10.2. The van der Waals surface area contributed by atoms with E-state index in [1.54, 1.807) is 24.3 Å². The molecule has 0 aliphatic rings. The fourth-order valence-electron chi connectivity index (χ4n) is 1.15. The Kier molecular flexibility index (Phi) is 5.50. The molecule has 19 heavy (non-hydrogen) atoms. The van der Waals surface area contributed by atoms with E-state index in [1.165, 1.54) is 6.92 Å². The zero-order valence-corrected chi connectivity index (χ0v) is 11.8. The Morgan fingerprint density at radius 3 is 2.42 bits per heavy atom. The smallest absolute Gasteiger partial charge is 0.326 e. The molecule has 0 unspecified atom stereocenters. The Morgan fingerprint density at radius 1 is 1.32 bits per heavy atom. The SMILES string of the molecule is C[C@H](OC(=O)CNC(=O)c1ccc(Br)cc1)C(N)=O. The maximum Gasteiger partial charge on any atom is 0.326 e. The lowest BCUT2D eigenvalue weighted by Gasteiger charge is -2.10. The largest absolute Gasteiger partial charge is 0.451 e. The van der Waals surface area contributed by atoms with E-state index < -0.39 is 23.9 Å². The van der Waals surface area contributed by atoms with E-state index in [-0.39, 0.29) is 6.54 Å². The number of ether oxygens (including phenoxy) is 1. The lowest BCUT2D eigenvalue weighted by Crippen LogP contribution is -2.36. The predicted molar refractivity (Wildman–Crippen MR) is 71.2 cm³/mol. The minimum atomic E-state index is -1.02. The summed E-state index contributed by atoms with van der Waals surface area (Å²) in [6, 6.07) is 6.64. The van der Waals surface area contributed by atoms with E-state index >= 15 is 0 Å². The van der Waals surface area contributed by atoms with Gasteiger partial charge in [-0.05, 0) is 31.2 Å². The summed E-state index contributed by atoms with van der Waals surface area (Å²) < 4.78 is 5.53. The van der Waals surface area contributed by atoms with Crippen molar-refractivity contribution in [2.45, 2.75) is 13.0 Å². The van der Waals surface area contributed by atoms with Crippen LogP contribution in [0.3, 0.4) is 0 Å². The highest BCUT2D eigenvalue weighted by Crippen LogP contribution is 2.10. The molecule has 1 aromatic carbocycles. The van der Waals surface area contributed by atoms with Gasteiger partial charge >= 0.3 is 5.97 Å². The second-order valence-corrected chi connectivity index (χ2v) is 4.64. The topological polar surface area (TPSA) is 98.5 Å². The van der Waals surface area contributed by atoms with Crippen LogP contribution in [0.4, 0.5) is 0 Å². The molecule has 3 N–H and O–H groups in total. The highest BCUT2D eigenvalue weighted by molar-refractivity contribution is 9.10. The summed E-state index contributed by atoms with van der Waals surface area (Å²) in [5, 5.41) is 2.38. The van der Waals surface area contributed by atoms with Crippen molar-refractivity contribution < 1.29 is 19.1 Å². The van der Waals surface area contributed by atoms with Crippen molar-refractivity contribution in [3.05, 3.63) is 34.3 Å². The van der Waals surface area contributed by atoms with Crippen LogP contribution in [0.2, 0.25) is 0 Å². The van der Waals surface area contributed by atoms with Gasteiger partial charge in [-0.15, -0.1) is 0 Å². The highest BCUT2D eigenvalue weighted by atomic mass is 79.9. The minimum absolute atomic E-state index is 0.327. The molecule has 0 aliphatic heterocycles. The summed E-state index contributed by atoms with van der Waals surface area (Å²) in [6.07, 6.45) is -1.02. The molecule has 2 amide bonds. The van der Waals surface area contributed by atoms with Crippen LogP contribution in [-0.2, 0) is 14.3 Å². The first-order valence-electron chi connectivity index (χ1n) is 5.42. The quantitative estimate of drug-likeness (QED) is 0.773. The van der Waals surface area contributed by atoms with Crippen molar-refractivity contribution in [2.24, 2.45) is 5.73 Å². The van der Waals surface area contributed by atoms with Crippen molar-refractivity contribution in [1.82, 2.24) is 5.32 Å². The number of benzene rings is 1. The first-order chi connectivity index (χ1) is 8.90. The fourth-order valence-corrected chi connectivity index (χ4v) is 1.42. The van der Waals surface area contributed by atoms with Gasteiger partial charge in [0.15, 0.2) is 6.10 Å². The van der Waals surface area contributed by atoms with Crippen molar-refractivity contribution in [3.8, 4) is 0 Å². The van der Waals surface area contributed by atoms with E-state index in [9.17, 15) is 14.4 Å². The van der Waals surface area contributed by atoms with E-state index in [4.69, 9.17) is 5.73 Å². The number of primary amides is 1. The summed E-state index contributed by atoms with van der Waals surface area (Å²) in [7, 11) is 0. The maximum absolute atomic E-state index is 11.7. The maximum atomic E-state index is 11.7. The van der Waals surface area contributed by atoms with Crippen molar-refractivity contribution in [2.75, 3.05) is 6.54 Å². The second-order valence-electron chi connectivity index (χ2n) is 3.72. The molecule has 102 valence electrons. The third kappa shape index (κ3) is 5.09. The van der Waals surface area contributed by atoms with Gasteiger partial charge in [0.1, 0.15) is 6.54 Å². The van der Waals surface area contributed by atoms with Crippen molar-refractivity contribution in [1.29, 1.82) is 0 Å². The van der Waals surface area contributed by atoms with Crippen LogP contribution in [-0.4, -0.2) is 30.4 Å². The third-order valence-electron chi connectivity index (χ3n) is 2.21. The fraction of sp³-hybridized carbons (Fsp3) is 0.250. The summed E-state index contributed by atoms with van der Waals surface area (Å²) in [5.74, 6) is -1.87. The van der Waals surface area contributed by atoms with Gasteiger partial charge in [0.2, 0.25) is 0 Å². The number of hydrogen-bond donors (Lipinski definition) is 2. The Balaban J connectivity index is 2.44. The van der Waals surface area contributed by atoms with Crippen molar-refractivity contribution in [3.63, 3.8) is 0 Å². The van der Waals surface area contributed by atoms with Gasteiger partial charge in [-0.1, -0.05) is 15.9 Å². The Hall–Kier alpha value is -1.89. The minimum Gasteiger partial charge on any atom is -0.451 e. The number of carbonyl (C=O) groups is 3. The molecular formula is C12H13BrN2O4. The van der Waals surface area contributed by atoms with Crippen LogP contribution in [0.5, 0.6) is 0 Å². The number of carbonyl (C=O) groups excluding carboxylic acids is 3. The molecule has 0 aromatic heterocycles. The Labute approximate surface area is 118 Å². The number of hydrogen-bond acceptors (Lipinski definition) is 4. The van der Waals surface area contributed by atoms with E-state index in [2.05, 4.69) is 26.0 Å². The molecule has 0 saturated heterocycles. The molecule has 0 spiro atoms. The summed E-state index contributed by atoms with van der Waals surface area (Å²) >= 11 is 3.25. The van der Waals surface area contributed by atoms with Crippen LogP contribution in [0.25, 0.3) is 0 Å². The number of nitrogens with two attached hydrogens (primary N) is 1. The number of rotatable bonds is 5. The number of amides is 2. The molecule has 0 radical (unpaired) electrons. The number of nitrogens with one attached hydrogen (secondary N) is 1.